The van der Waals surface area contributed by atoms with Crippen LogP contribution in [0.5, 0.6) is 0 Å². The number of morpholine rings is 1. The zero-order chi connectivity index (χ0) is 13.7. The molecule has 2 heterocycles. The van der Waals surface area contributed by atoms with E-state index in [4.69, 9.17) is 4.74 Å². The molecule has 2 atom stereocenters. The Kier molecular flexibility index (Phi) is 5.36. The van der Waals surface area contributed by atoms with Crippen molar-refractivity contribution in [3.63, 3.8) is 0 Å². The Hall–Kier alpha value is -0.910. The quantitative estimate of drug-likeness (QED) is 0.890. The predicted molar refractivity (Wildman–Crippen MR) is 77.5 cm³/mol. The van der Waals surface area contributed by atoms with Crippen molar-refractivity contribution < 1.29 is 9.53 Å². The largest absolute Gasteiger partial charge is 0.378 e. The lowest BCUT2D eigenvalue weighted by Gasteiger charge is -2.28. The minimum atomic E-state index is 0.164. The van der Waals surface area contributed by atoms with Crippen LogP contribution in [0.3, 0.4) is 0 Å². The summed E-state index contributed by atoms with van der Waals surface area (Å²) in [7, 11) is 1.89. The summed E-state index contributed by atoms with van der Waals surface area (Å²) in [4.78, 5) is 15.4. The standard InChI is InChI=1S/C14H22N2O2S/c1-11(8-13-4-3-7-19-13)16(2)14(17)9-12-10-18-6-5-15-12/h3-4,7,11-12,15H,5-6,8-10H2,1-2H3. The highest BCUT2D eigenvalue weighted by molar-refractivity contribution is 7.09. The topological polar surface area (TPSA) is 41.6 Å². The van der Waals surface area contributed by atoms with E-state index in [1.807, 2.05) is 11.9 Å². The van der Waals surface area contributed by atoms with Crippen LogP contribution in [-0.2, 0) is 16.0 Å². The van der Waals surface area contributed by atoms with Crippen LogP contribution in [0.15, 0.2) is 17.5 Å². The molecule has 0 bridgehead atoms. The first-order valence-electron chi connectivity index (χ1n) is 6.76. The minimum absolute atomic E-state index is 0.164. The zero-order valence-electron chi connectivity index (χ0n) is 11.6. The number of hydrogen-bond donors (Lipinski definition) is 1. The maximum atomic E-state index is 12.2. The van der Waals surface area contributed by atoms with Gasteiger partial charge in [-0.2, -0.15) is 0 Å². The maximum absolute atomic E-state index is 12.2. The number of carbonyl (C=O) groups is 1. The Morgan fingerprint density at radius 2 is 2.53 bits per heavy atom. The Balaban J connectivity index is 1.80. The average molecular weight is 282 g/mol. The highest BCUT2D eigenvalue weighted by Gasteiger charge is 2.22. The molecule has 1 amide bonds. The van der Waals surface area contributed by atoms with E-state index >= 15 is 0 Å². The van der Waals surface area contributed by atoms with Crippen LogP contribution < -0.4 is 5.32 Å². The third kappa shape index (κ3) is 4.30. The third-order valence-corrected chi connectivity index (χ3v) is 4.45. The normalized spacial score (nSPS) is 21.1. The van der Waals surface area contributed by atoms with Crippen LogP contribution in [0.4, 0.5) is 0 Å². The molecule has 0 aliphatic carbocycles. The summed E-state index contributed by atoms with van der Waals surface area (Å²) in [5.41, 5.74) is 0. The van der Waals surface area contributed by atoms with Crippen molar-refractivity contribution in [3.8, 4) is 0 Å². The lowest BCUT2D eigenvalue weighted by Crippen LogP contribution is -2.46. The molecule has 5 heteroatoms. The molecule has 0 spiro atoms. The molecular weight excluding hydrogens is 260 g/mol. The summed E-state index contributed by atoms with van der Waals surface area (Å²) >= 11 is 1.75. The van der Waals surface area contributed by atoms with Gasteiger partial charge in [-0.1, -0.05) is 6.07 Å². The Morgan fingerprint density at radius 1 is 1.68 bits per heavy atom. The van der Waals surface area contributed by atoms with E-state index in [1.54, 1.807) is 11.3 Å². The summed E-state index contributed by atoms with van der Waals surface area (Å²) < 4.78 is 5.38. The first kappa shape index (κ1) is 14.5. The number of nitrogens with zero attached hydrogens (tertiary/aromatic N) is 1. The molecule has 1 aliphatic heterocycles. The summed E-state index contributed by atoms with van der Waals surface area (Å²) in [6.07, 6.45) is 1.44. The number of likely N-dealkylation sites (N-methyl/N-ethyl adjacent to an activating group) is 1. The van der Waals surface area contributed by atoms with Crippen molar-refractivity contribution in [1.82, 2.24) is 10.2 Å². The van der Waals surface area contributed by atoms with Gasteiger partial charge in [0.05, 0.1) is 13.2 Å². The van der Waals surface area contributed by atoms with Gasteiger partial charge in [0.25, 0.3) is 0 Å². The molecular formula is C14H22N2O2S. The van der Waals surface area contributed by atoms with Gasteiger partial charge in [0.2, 0.25) is 5.91 Å². The number of amides is 1. The third-order valence-electron chi connectivity index (χ3n) is 3.55. The number of hydrogen-bond acceptors (Lipinski definition) is 4. The second-order valence-electron chi connectivity index (χ2n) is 5.07. The zero-order valence-corrected chi connectivity index (χ0v) is 12.4. The second-order valence-corrected chi connectivity index (χ2v) is 6.10. The monoisotopic (exact) mass is 282 g/mol. The highest BCUT2D eigenvalue weighted by atomic mass is 32.1. The number of rotatable bonds is 5. The van der Waals surface area contributed by atoms with Crippen LogP contribution >= 0.6 is 11.3 Å². The first-order chi connectivity index (χ1) is 9.16. The summed E-state index contributed by atoms with van der Waals surface area (Å²) in [6, 6.07) is 4.57. The predicted octanol–water partition coefficient (Wildman–Crippen LogP) is 1.52. The molecule has 19 heavy (non-hydrogen) atoms. The molecule has 2 rings (SSSR count). The number of carbonyl (C=O) groups excluding carboxylic acids is 1. The fraction of sp³-hybridized carbons (Fsp3) is 0.643. The van der Waals surface area contributed by atoms with Gasteiger partial charge < -0.3 is 15.0 Å². The second kappa shape index (κ2) is 7.03. The Morgan fingerprint density at radius 3 is 3.16 bits per heavy atom. The summed E-state index contributed by atoms with van der Waals surface area (Å²) in [5.74, 6) is 0.187. The van der Waals surface area contributed by atoms with E-state index in [1.165, 1.54) is 4.88 Å². The smallest absolute Gasteiger partial charge is 0.224 e. The molecule has 2 unspecified atom stereocenters. The van der Waals surface area contributed by atoms with Crippen molar-refractivity contribution in [2.45, 2.75) is 31.8 Å². The van der Waals surface area contributed by atoms with Gasteiger partial charge in [-0.3, -0.25) is 4.79 Å². The SMILES string of the molecule is CC(Cc1cccs1)N(C)C(=O)CC1COCCN1. The van der Waals surface area contributed by atoms with Crippen LogP contribution in [0.25, 0.3) is 0 Å². The van der Waals surface area contributed by atoms with E-state index in [-0.39, 0.29) is 18.0 Å². The summed E-state index contributed by atoms with van der Waals surface area (Å²) in [5, 5.41) is 5.40. The lowest BCUT2D eigenvalue weighted by molar-refractivity contribution is -0.132. The molecule has 0 radical (unpaired) electrons. The van der Waals surface area contributed by atoms with E-state index < -0.39 is 0 Å². The first-order valence-corrected chi connectivity index (χ1v) is 7.64. The van der Waals surface area contributed by atoms with Crippen LogP contribution in [0.1, 0.15) is 18.2 Å². The number of nitrogens with one attached hydrogen (secondary N) is 1. The van der Waals surface area contributed by atoms with Gasteiger partial charge in [-0.25, -0.2) is 0 Å². The molecule has 1 fully saturated rings. The number of ether oxygens (including phenoxy) is 1. The molecule has 1 aromatic rings. The average Bonchev–Trinajstić information content (AvgIpc) is 2.91. The van der Waals surface area contributed by atoms with E-state index in [2.05, 4.69) is 29.8 Å². The van der Waals surface area contributed by atoms with Crippen molar-refractivity contribution in [2.75, 3.05) is 26.8 Å². The van der Waals surface area contributed by atoms with Crippen LogP contribution in [-0.4, -0.2) is 49.7 Å². The molecule has 0 aromatic carbocycles. The van der Waals surface area contributed by atoms with Gasteiger partial charge in [-0.15, -0.1) is 11.3 Å². The highest BCUT2D eigenvalue weighted by Crippen LogP contribution is 2.14. The molecule has 1 saturated heterocycles. The van der Waals surface area contributed by atoms with E-state index in [0.717, 1.165) is 19.6 Å². The van der Waals surface area contributed by atoms with Crippen molar-refractivity contribution in [1.29, 1.82) is 0 Å². The van der Waals surface area contributed by atoms with Crippen LogP contribution in [0.2, 0.25) is 0 Å². The van der Waals surface area contributed by atoms with Crippen molar-refractivity contribution >= 4 is 17.2 Å². The van der Waals surface area contributed by atoms with Gasteiger partial charge in [0.1, 0.15) is 0 Å². The molecule has 4 nitrogen and oxygen atoms in total. The molecule has 1 aromatic heterocycles. The van der Waals surface area contributed by atoms with Crippen LogP contribution in [0, 0.1) is 0 Å². The van der Waals surface area contributed by atoms with Crippen molar-refractivity contribution in [3.05, 3.63) is 22.4 Å². The summed E-state index contributed by atoms with van der Waals surface area (Å²) in [6.45, 7) is 4.32. The van der Waals surface area contributed by atoms with Crippen molar-refractivity contribution in [2.24, 2.45) is 0 Å². The number of thiophene rings is 1. The Labute approximate surface area is 118 Å². The lowest BCUT2D eigenvalue weighted by atomic mass is 10.1. The minimum Gasteiger partial charge on any atom is -0.378 e. The molecule has 0 saturated carbocycles. The molecule has 1 aliphatic rings. The maximum Gasteiger partial charge on any atom is 0.224 e. The Bertz CT molecular complexity index is 388. The van der Waals surface area contributed by atoms with E-state index in [9.17, 15) is 4.79 Å². The molecule has 106 valence electrons. The molecule has 1 N–H and O–H groups in total. The fourth-order valence-corrected chi connectivity index (χ4v) is 3.03. The van der Waals surface area contributed by atoms with Gasteiger partial charge in [0, 0.05) is 43.4 Å². The fourth-order valence-electron chi connectivity index (χ4n) is 2.21. The van der Waals surface area contributed by atoms with Gasteiger partial charge >= 0.3 is 0 Å². The van der Waals surface area contributed by atoms with Gasteiger partial charge in [0.15, 0.2) is 0 Å². The van der Waals surface area contributed by atoms with E-state index in [0.29, 0.717) is 13.0 Å². The van der Waals surface area contributed by atoms with Gasteiger partial charge in [-0.05, 0) is 18.4 Å².